The first-order chi connectivity index (χ1) is 25.2. The van der Waals surface area contributed by atoms with Crippen molar-refractivity contribution in [1.29, 1.82) is 0 Å². The van der Waals surface area contributed by atoms with Gasteiger partial charge >= 0.3 is 0 Å². The monoisotopic (exact) mass is 523 g/mol. The van der Waals surface area contributed by atoms with Gasteiger partial charge in [-0.25, -0.2) is 0 Å². The number of hydrogen-bond acceptors (Lipinski definition) is 1. The molecule has 1 nitrogen and oxygen atoms in total. The number of hydrogen-bond donors (Lipinski definition) is 0. The lowest BCUT2D eigenvalue weighted by molar-refractivity contribution is 0.669. The summed E-state index contributed by atoms with van der Waals surface area (Å²) < 4.78 is 119. The average molecular weight is 524 g/mol. The van der Waals surface area contributed by atoms with Crippen LogP contribution in [0.25, 0.3) is 65.7 Å². The van der Waals surface area contributed by atoms with Crippen molar-refractivity contribution in [2.24, 2.45) is 0 Å². The fourth-order valence-corrected chi connectivity index (χ4v) is 5.57. The first-order valence-electron chi connectivity index (χ1n) is 19.3. The Balaban J connectivity index is 1.55. The van der Waals surface area contributed by atoms with Gasteiger partial charge in [-0.15, -0.1) is 0 Å². The fourth-order valence-electron chi connectivity index (χ4n) is 5.57. The molecule has 0 unspecified atom stereocenters. The highest BCUT2D eigenvalue weighted by molar-refractivity contribution is 6.16. The summed E-state index contributed by atoms with van der Waals surface area (Å²) in [6.07, 6.45) is -0.483. The Bertz CT molecular complexity index is 2800. The highest BCUT2D eigenvalue weighted by atomic mass is 16.3. The first-order valence-corrected chi connectivity index (χ1v) is 12.8. The molecule has 0 aliphatic heterocycles. The summed E-state index contributed by atoms with van der Waals surface area (Å²) in [4.78, 5) is 0. The van der Waals surface area contributed by atoms with Crippen LogP contribution in [0.5, 0.6) is 0 Å². The van der Waals surface area contributed by atoms with Gasteiger partial charge in [0.2, 0.25) is 0 Å². The molecule has 0 N–H and O–H groups in total. The molecular formula is C39H26O. The summed E-state index contributed by atoms with van der Waals surface area (Å²) in [5.41, 5.74) is 3.23. The molecule has 0 aliphatic carbocycles. The van der Waals surface area contributed by atoms with Crippen molar-refractivity contribution >= 4 is 43.5 Å². The molecule has 0 radical (unpaired) electrons. The molecule has 0 spiro atoms. The van der Waals surface area contributed by atoms with Gasteiger partial charge in [-0.1, -0.05) is 127 Å². The van der Waals surface area contributed by atoms with Crippen LogP contribution in [0.15, 0.2) is 150 Å². The van der Waals surface area contributed by atoms with Crippen LogP contribution in [0.2, 0.25) is 0 Å². The molecule has 1 heteroatoms. The quantitative estimate of drug-likeness (QED) is 0.209. The molecule has 0 atom stereocenters. The smallest absolute Gasteiger partial charge is 0.136 e. The number of fused-ring (bicyclic) bond motifs is 5. The Kier molecular flexibility index (Phi) is 3.07. The number of furan rings is 1. The Labute approximate surface area is 251 Å². The summed E-state index contributed by atoms with van der Waals surface area (Å²) in [5.74, 6) is 0. The van der Waals surface area contributed by atoms with E-state index >= 15 is 0 Å². The van der Waals surface area contributed by atoms with Crippen LogP contribution < -0.4 is 0 Å². The summed E-state index contributed by atoms with van der Waals surface area (Å²) in [5, 5.41) is 1.53. The van der Waals surface area contributed by atoms with E-state index in [2.05, 4.69) is 0 Å². The molecule has 0 aliphatic rings. The SMILES string of the molecule is [2H]c1c([2H])c([2H])c(Cc2c3c([2H])c([2H])c([2H])c([2H])c3c(-c3cccc(-c4cccc5oc6ccccc6c45)c3)c3c([2H])c([2H])c([2H])c([2H])c23)c([2H])c1[2H]. The van der Waals surface area contributed by atoms with E-state index in [9.17, 15) is 2.74 Å². The molecule has 8 rings (SSSR count). The van der Waals surface area contributed by atoms with Gasteiger partial charge in [-0.3, -0.25) is 0 Å². The zero-order valence-corrected chi connectivity index (χ0v) is 21.0. The summed E-state index contributed by atoms with van der Waals surface area (Å²) in [7, 11) is 0. The molecule has 0 fully saturated rings. The molecule has 1 heterocycles. The molecule has 0 bridgehead atoms. The van der Waals surface area contributed by atoms with Crippen LogP contribution in [-0.2, 0) is 6.42 Å². The molecule has 0 saturated heterocycles. The lowest BCUT2D eigenvalue weighted by Crippen LogP contribution is -1.95. The second-order valence-corrected chi connectivity index (χ2v) is 9.49. The zero-order valence-electron chi connectivity index (χ0n) is 34.0. The number of rotatable bonds is 4. The normalized spacial score (nSPS) is 16.1. The largest absolute Gasteiger partial charge is 0.456 e. The van der Waals surface area contributed by atoms with E-state index in [0.29, 0.717) is 22.3 Å². The van der Waals surface area contributed by atoms with Crippen LogP contribution in [0.3, 0.4) is 0 Å². The summed E-state index contributed by atoms with van der Waals surface area (Å²) in [6, 6.07) is 13.3. The standard InChI is InChI=1S/C39H26O/c1-2-12-26(13-3-1)24-35-30-16-4-6-18-32(30)38(33-19-7-5-17-31(33)35)28-15-10-14-27(25-28)29-21-11-23-37-39(29)34-20-8-9-22-36(34)40-37/h1-23,25H,24H2/i1D,2D,3D,4D,5D,6D,7D,12D,13D,16D,17D,18D,19D. The van der Waals surface area contributed by atoms with Crippen LogP contribution in [0.4, 0.5) is 0 Å². The van der Waals surface area contributed by atoms with Crippen LogP contribution in [0, 0.1) is 0 Å². The lowest BCUT2D eigenvalue weighted by atomic mass is 9.85. The molecule has 7 aromatic carbocycles. The maximum absolute atomic E-state index is 9.21. The fraction of sp³-hybridized carbons (Fsp3) is 0.0256. The van der Waals surface area contributed by atoms with Crippen molar-refractivity contribution in [2.45, 2.75) is 6.42 Å². The third kappa shape index (κ3) is 3.63. The highest BCUT2D eigenvalue weighted by Crippen LogP contribution is 2.42. The second-order valence-electron chi connectivity index (χ2n) is 9.49. The molecule has 8 aromatic rings. The Morgan fingerprint density at radius 1 is 0.525 bits per heavy atom. The minimum Gasteiger partial charge on any atom is -0.456 e. The van der Waals surface area contributed by atoms with Gasteiger partial charge in [0.05, 0.1) is 17.8 Å². The molecule has 1 aromatic heterocycles. The third-order valence-corrected chi connectivity index (χ3v) is 7.25. The van der Waals surface area contributed by atoms with E-state index in [1.165, 1.54) is 0 Å². The Morgan fingerprint density at radius 3 is 1.93 bits per heavy atom. The highest BCUT2D eigenvalue weighted by Gasteiger charge is 2.17. The first kappa shape index (κ1) is 13.3. The maximum atomic E-state index is 9.21. The van der Waals surface area contributed by atoms with E-state index in [4.69, 9.17) is 19.5 Å². The predicted molar refractivity (Wildman–Crippen MR) is 169 cm³/mol. The number of benzene rings is 7. The summed E-state index contributed by atoms with van der Waals surface area (Å²) >= 11 is 0. The van der Waals surface area contributed by atoms with Gasteiger partial charge in [0.25, 0.3) is 0 Å². The van der Waals surface area contributed by atoms with Crippen LogP contribution in [0.1, 0.15) is 28.9 Å². The van der Waals surface area contributed by atoms with Gasteiger partial charge in [0, 0.05) is 10.8 Å². The van der Waals surface area contributed by atoms with Crippen molar-refractivity contribution in [3.05, 3.63) is 156 Å². The van der Waals surface area contributed by atoms with Crippen LogP contribution in [-0.4, -0.2) is 0 Å². The Morgan fingerprint density at radius 2 is 1.15 bits per heavy atom. The Hall–Kier alpha value is -5.14. The molecule has 40 heavy (non-hydrogen) atoms. The van der Waals surface area contributed by atoms with E-state index in [1.54, 1.807) is 12.1 Å². The minimum atomic E-state index is -0.614. The van der Waals surface area contributed by atoms with Gasteiger partial charge in [-0.2, -0.15) is 0 Å². The summed E-state index contributed by atoms with van der Waals surface area (Å²) in [6.45, 7) is 0. The second kappa shape index (κ2) is 9.25. The zero-order chi connectivity index (χ0) is 37.8. The number of para-hydroxylation sites is 1. The average Bonchev–Trinajstić information content (AvgIpc) is 3.56. The predicted octanol–water partition coefficient (Wildman–Crippen LogP) is 10.8. The third-order valence-electron chi connectivity index (χ3n) is 7.25. The maximum Gasteiger partial charge on any atom is 0.136 e. The van der Waals surface area contributed by atoms with E-state index in [-0.39, 0.29) is 38.2 Å². The van der Waals surface area contributed by atoms with Crippen molar-refractivity contribution < 1.29 is 22.2 Å². The van der Waals surface area contributed by atoms with Crippen molar-refractivity contribution in [3.8, 4) is 22.3 Å². The minimum absolute atomic E-state index is 0.0120. The lowest BCUT2D eigenvalue weighted by Gasteiger charge is -2.18. The van der Waals surface area contributed by atoms with Crippen molar-refractivity contribution in [2.75, 3.05) is 0 Å². The van der Waals surface area contributed by atoms with Crippen molar-refractivity contribution in [3.63, 3.8) is 0 Å². The van der Waals surface area contributed by atoms with Gasteiger partial charge in [0.15, 0.2) is 0 Å². The molecule has 0 amide bonds. The van der Waals surface area contributed by atoms with Crippen molar-refractivity contribution in [1.82, 2.24) is 0 Å². The van der Waals surface area contributed by atoms with Gasteiger partial charge in [0.1, 0.15) is 11.2 Å². The molecule has 188 valence electrons. The van der Waals surface area contributed by atoms with E-state index in [1.807, 2.05) is 54.6 Å². The molecular weight excluding hydrogens is 484 g/mol. The van der Waals surface area contributed by atoms with Crippen LogP contribution >= 0.6 is 0 Å². The van der Waals surface area contributed by atoms with E-state index < -0.39 is 85.0 Å². The van der Waals surface area contributed by atoms with E-state index in [0.717, 1.165) is 16.3 Å². The molecule has 0 saturated carbocycles. The topological polar surface area (TPSA) is 13.1 Å². The van der Waals surface area contributed by atoms with Gasteiger partial charge in [-0.05, 0) is 79.5 Å². The van der Waals surface area contributed by atoms with Gasteiger partial charge < -0.3 is 4.42 Å².